The molecule has 0 saturated heterocycles. The fourth-order valence-electron chi connectivity index (χ4n) is 2.17. The average molecular weight is 380 g/mol. The fourth-order valence-corrected chi connectivity index (χ4v) is 2.67. The van der Waals surface area contributed by atoms with Gasteiger partial charge in [0.25, 0.3) is 11.8 Å². The number of aromatic nitrogens is 1. The SMILES string of the molecule is CC(C)NC(=O)c1cc(C(=O)NCCc2ccc(Cl)cc2Cl)ccn1. The number of carbonyl (C=O) groups excluding carboxylic acids is 2. The largest absolute Gasteiger partial charge is 0.352 e. The smallest absolute Gasteiger partial charge is 0.270 e. The zero-order valence-electron chi connectivity index (χ0n) is 14.0. The number of amides is 2. The second-order valence-corrected chi connectivity index (χ2v) is 6.64. The van der Waals surface area contributed by atoms with Crippen molar-refractivity contribution >= 4 is 35.0 Å². The molecule has 1 aromatic heterocycles. The first-order chi connectivity index (χ1) is 11.9. The molecule has 0 bridgehead atoms. The minimum Gasteiger partial charge on any atom is -0.352 e. The van der Waals surface area contributed by atoms with Gasteiger partial charge < -0.3 is 10.6 Å². The van der Waals surface area contributed by atoms with Crippen molar-refractivity contribution in [3.63, 3.8) is 0 Å². The monoisotopic (exact) mass is 379 g/mol. The summed E-state index contributed by atoms with van der Waals surface area (Å²) in [6.07, 6.45) is 2.02. The van der Waals surface area contributed by atoms with Crippen molar-refractivity contribution in [1.82, 2.24) is 15.6 Å². The average Bonchev–Trinajstić information content (AvgIpc) is 2.56. The molecule has 0 saturated carbocycles. The second-order valence-electron chi connectivity index (χ2n) is 5.80. The third-order valence-electron chi connectivity index (χ3n) is 3.37. The number of nitrogens with one attached hydrogen (secondary N) is 2. The number of hydrogen-bond acceptors (Lipinski definition) is 3. The van der Waals surface area contributed by atoms with Gasteiger partial charge in [-0.05, 0) is 50.1 Å². The Morgan fingerprint density at radius 3 is 2.56 bits per heavy atom. The molecule has 1 aromatic carbocycles. The van der Waals surface area contributed by atoms with Gasteiger partial charge in [-0.25, -0.2) is 0 Å². The van der Waals surface area contributed by atoms with Crippen LogP contribution < -0.4 is 10.6 Å². The van der Waals surface area contributed by atoms with Crippen LogP contribution in [0.3, 0.4) is 0 Å². The van der Waals surface area contributed by atoms with Gasteiger partial charge >= 0.3 is 0 Å². The zero-order valence-corrected chi connectivity index (χ0v) is 15.5. The number of hydrogen-bond donors (Lipinski definition) is 2. The van der Waals surface area contributed by atoms with Crippen LogP contribution in [0.15, 0.2) is 36.5 Å². The summed E-state index contributed by atoms with van der Waals surface area (Å²) in [6, 6.07) is 8.29. The molecule has 0 aliphatic rings. The van der Waals surface area contributed by atoms with Crippen molar-refractivity contribution in [2.24, 2.45) is 0 Å². The molecule has 2 aromatic rings. The molecule has 25 heavy (non-hydrogen) atoms. The van der Waals surface area contributed by atoms with Crippen LogP contribution in [0.25, 0.3) is 0 Å². The zero-order chi connectivity index (χ0) is 18.4. The van der Waals surface area contributed by atoms with E-state index in [9.17, 15) is 9.59 Å². The van der Waals surface area contributed by atoms with Crippen molar-refractivity contribution in [3.05, 3.63) is 63.4 Å². The molecule has 0 fully saturated rings. The minimum atomic E-state index is -0.308. The van der Waals surface area contributed by atoms with Crippen molar-refractivity contribution in [2.45, 2.75) is 26.3 Å². The summed E-state index contributed by atoms with van der Waals surface area (Å²) in [5.74, 6) is -0.580. The molecular formula is C18H19Cl2N3O2. The van der Waals surface area contributed by atoms with Crippen LogP contribution in [-0.2, 0) is 6.42 Å². The van der Waals surface area contributed by atoms with Crippen molar-refractivity contribution in [3.8, 4) is 0 Å². The predicted molar refractivity (Wildman–Crippen MR) is 99.3 cm³/mol. The molecule has 5 nitrogen and oxygen atoms in total. The van der Waals surface area contributed by atoms with Gasteiger partial charge in [-0.2, -0.15) is 0 Å². The predicted octanol–water partition coefficient (Wildman–Crippen LogP) is 3.50. The second kappa shape index (κ2) is 8.83. The summed E-state index contributed by atoms with van der Waals surface area (Å²) < 4.78 is 0. The highest BCUT2D eigenvalue weighted by Gasteiger charge is 2.12. The summed E-state index contributed by atoms with van der Waals surface area (Å²) in [5.41, 5.74) is 1.49. The van der Waals surface area contributed by atoms with Gasteiger partial charge in [0.1, 0.15) is 5.69 Å². The van der Waals surface area contributed by atoms with E-state index in [1.165, 1.54) is 12.3 Å². The Kier molecular flexibility index (Phi) is 6.79. The van der Waals surface area contributed by atoms with E-state index in [0.717, 1.165) is 5.56 Å². The maximum atomic E-state index is 12.2. The number of benzene rings is 1. The molecule has 2 N–H and O–H groups in total. The number of rotatable bonds is 6. The van der Waals surface area contributed by atoms with Crippen molar-refractivity contribution in [2.75, 3.05) is 6.54 Å². The number of halogens is 2. The quantitative estimate of drug-likeness (QED) is 0.806. The van der Waals surface area contributed by atoms with E-state index in [1.54, 1.807) is 18.2 Å². The third-order valence-corrected chi connectivity index (χ3v) is 3.96. The molecule has 1 heterocycles. The van der Waals surface area contributed by atoms with Gasteiger partial charge in [-0.15, -0.1) is 0 Å². The van der Waals surface area contributed by atoms with E-state index in [1.807, 2.05) is 19.9 Å². The summed E-state index contributed by atoms with van der Waals surface area (Å²) in [7, 11) is 0. The first-order valence-electron chi connectivity index (χ1n) is 7.86. The van der Waals surface area contributed by atoms with Gasteiger partial charge in [0.2, 0.25) is 0 Å². The fraction of sp³-hybridized carbons (Fsp3) is 0.278. The highest BCUT2D eigenvalue weighted by Crippen LogP contribution is 2.21. The summed E-state index contributed by atoms with van der Waals surface area (Å²) in [5, 5.41) is 6.69. The van der Waals surface area contributed by atoms with Gasteiger partial charge in [0.05, 0.1) is 0 Å². The molecule has 0 unspecified atom stereocenters. The van der Waals surface area contributed by atoms with Gasteiger partial charge in [-0.3, -0.25) is 14.6 Å². The molecule has 0 atom stereocenters. The van der Waals surface area contributed by atoms with Crippen molar-refractivity contribution in [1.29, 1.82) is 0 Å². The lowest BCUT2D eigenvalue weighted by atomic mass is 10.1. The van der Waals surface area contributed by atoms with Gasteiger partial charge in [0.15, 0.2) is 0 Å². The third kappa shape index (κ3) is 5.73. The van der Waals surface area contributed by atoms with E-state index in [2.05, 4.69) is 15.6 Å². The Balaban J connectivity index is 1.95. The van der Waals surface area contributed by atoms with Gasteiger partial charge in [-0.1, -0.05) is 29.3 Å². The molecule has 0 aliphatic carbocycles. The Morgan fingerprint density at radius 2 is 1.88 bits per heavy atom. The molecule has 2 amide bonds. The molecule has 0 radical (unpaired) electrons. The highest BCUT2D eigenvalue weighted by atomic mass is 35.5. The standard InChI is InChI=1S/C18H19Cl2N3O2/c1-11(2)23-18(25)16-9-13(6-7-21-16)17(24)22-8-5-12-3-4-14(19)10-15(12)20/h3-4,6-7,9-11H,5,8H2,1-2H3,(H,22,24)(H,23,25). The summed E-state index contributed by atoms with van der Waals surface area (Å²) >= 11 is 12.0. The van der Waals surface area contributed by atoms with Crippen LogP contribution in [0.5, 0.6) is 0 Å². The molecule has 0 aliphatic heterocycles. The van der Waals surface area contributed by atoms with E-state index < -0.39 is 0 Å². The maximum Gasteiger partial charge on any atom is 0.270 e. The molecule has 0 spiro atoms. The summed E-state index contributed by atoms with van der Waals surface area (Å²) in [4.78, 5) is 28.2. The van der Waals surface area contributed by atoms with Crippen LogP contribution in [0.1, 0.15) is 40.3 Å². The normalized spacial score (nSPS) is 10.6. The Bertz CT molecular complexity index is 779. The number of nitrogens with zero attached hydrogens (tertiary/aromatic N) is 1. The van der Waals surface area contributed by atoms with Crippen LogP contribution in [0, 0.1) is 0 Å². The summed E-state index contributed by atoms with van der Waals surface area (Å²) in [6.45, 7) is 4.13. The van der Waals surface area contributed by atoms with E-state index in [-0.39, 0.29) is 23.6 Å². The van der Waals surface area contributed by atoms with Crippen LogP contribution in [-0.4, -0.2) is 29.4 Å². The topological polar surface area (TPSA) is 71.1 Å². The van der Waals surface area contributed by atoms with E-state index >= 15 is 0 Å². The lowest BCUT2D eigenvalue weighted by Crippen LogP contribution is -2.31. The lowest BCUT2D eigenvalue weighted by Gasteiger charge is -2.09. The van der Waals surface area contributed by atoms with Crippen LogP contribution in [0.4, 0.5) is 0 Å². The highest BCUT2D eigenvalue weighted by molar-refractivity contribution is 6.35. The molecule has 7 heteroatoms. The maximum absolute atomic E-state index is 12.2. The number of pyridine rings is 1. The van der Waals surface area contributed by atoms with Gasteiger partial charge in [0, 0.05) is 34.4 Å². The molecule has 2 rings (SSSR count). The van der Waals surface area contributed by atoms with Crippen LogP contribution >= 0.6 is 23.2 Å². The minimum absolute atomic E-state index is 0.00379. The van der Waals surface area contributed by atoms with E-state index in [4.69, 9.17) is 23.2 Å². The Hall–Kier alpha value is -2.11. The van der Waals surface area contributed by atoms with Crippen molar-refractivity contribution < 1.29 is 9.59 Å². The van der Waals surface area contributed by atoms with Crippen LogP contribution in [0.2, 0.25) is 10.0 Å². The first kappa shape index (κ1) is 19.2. The Labute approximate surface area is 156 Å². The Morgan fingerprint density at radius 1 is 1.12 bits per heavy atom. The molecular weight excluding hydrogens is 361 g/mol. The molecule has 132 valence electrons. The number of carbonyl (C=O) groups is 2. The first-order valence-corrected chi connectivity index (χ1v) is 8.61. The van der Waals surface area contributed by atoms with E-state index in [0.29, 0.717) is 28.6 Å². The lowest BCUT2D eigenvalue weighted by molar-refractivity contribution is 0.0938.